The first kappa shape index (κ1) is 15.9. The smallest absolute Gasteiger partial charge is 0.137 e. The van der Waals surface area contributed by atoms with Crippen molar-refractivity contribution in [1.29, 1.82) is 0 Å². The third-order valence-corrected chi connectivity index (χ3v) is 4.31. The molecule has 0 amide bonds. The van der Waals surface area contributed by atoms with Gasteiger partial charge in [-0.2, -0.15) is 0 Å². The van der Waals surface area contributed by atoms with E-state index in [1.54, 1.807) is 13.2 Å². The lowest BCUT2D eigenvalue weighted by Gasteiger charge is -2.22. The molecule has 2 aromatic carbocycles. The lowest BCUT2D eigenvalue weighted by Crippen LogP contribution is -2.29. The number of hydrogen-bond donors (Lipinski definition) is 2. The maximum atomic E-state index is 13.8. The molecule has 0 saturated carbocycles. The molecule has 2 aromatic rings. The lowest BCUT2D eigenvalue weighted by atomic mass is 9.94. The molecule has 0 spiro atoms. The summed E-state index contributed by atoms with van der Waals surface area (Å²) in [6.45, 7) is 4.01. The Kier molecular flexibility index (Phi) is 4.98. The molecule has 0 aliphatic heterocycles. The first-order chi connectivity index (χ1) is 9.99. The van der Waals surface area contributed by atoms with Gasteiger partial charge in [0, 0.05) is 5.56 Å². The van der Waals surface area contributed by atoms with Gasteiger partial charge in [0.1, 0.15) is 11.6 Å². The summed E-state index contributed by atoms with van der Waals surface area (Å²) < 4.78 is 19.7. The molecular weight excluding hydrogens is 335 g/mol. The second-order valence-corrected chi connectivity index (χ2v) is 5.76. The number of rotatable bonds is 4. The lowest BCUT2D eigenvalue weighted by molar-refractivity contribution is 0.400. The Balaban J connectivity index is 2.56. The van der Waals surface area contributed by atoms with Crippen LogP contribution in [0.2, 0.25) is 0 Å². The molecule has 1 unspecified atom stereocenters. The van der Waals surface area contributed by atoms with Gasteiger partial charge in [-0.05, 0) is 58.6 Å². The van der Waals surface area contributed by atoms with Crippen molar-refractivity contribution in [2.24, 2.45) is 5.84 Å². The van der Waals surface area contributed by atoms with Gasteiger partial charge in [0.15, 0.2) is 0 Å². The molecular formula is C16H18BrFN2O. The highest BCUT2D eigenvalue weighted by molar-refractivity contribution is 9.10. The van der Waals surface area contributed by atoms with Gasteiger partial charge < -0.3 is 4.74 Å². The highest BCUT2D eigenvalue weighted by atomic mass is 79.9. The van der Waals surface area contributed by atoms with Crippen LogP contribution in [-0.4, -0.2) is 7.11 Å². The van der Waals surface area contributed by atoms with Crippen molar-refractivity contribution in [3.05, 3.63) is 62.9 Å². The zero-order valence-electron chi connectivity index (χ0n) is 12.2. The van der Waals surface area contributed by atoms with Gasteiger partial charge in [0.05, 0.1) is 17.6 Å². The van der Waals surface area contributed by atoms with Gasteiger partial charge >= 0.3 is 0 Å². The Labute approximate surface area is 132 Å². The molecule has 0 bridgehead atoms. The van der Waals surface area contributed by atoms with Crippen LogP contribution in [0.5, 0.6) is 5.75 Å². The van der Waals surface area contributed by atoms with Crippen LogP contribution in [-0.2, 0) is 0 Å². The molecule has 3 nitrogen and oxygen atoms in total. The first-order valence-corrected chi connectivity index (χ1v) is 7.34. The van der Waals surface area contributed by atoms with E-state index in [0.717, 1.165) is 28.0 Å². The number of methoxy groups -OCH3 is 1. The minimum atomic E-state index is -0.346. The zero-order valence-corrected chi connectivity index (χ0v) is 13.8. The topological polar surface area (TPSA) is 47.3 Å². The fraction of sp³-hybridized carbons (Fsp3) is 0.250. The van der Waals surface area contributed by atoms with Crippen LogP contribution < -0.4 is 16.0 Å². The van der Waals surface area contributed by atoms with E-state index in [9.17, 15) is 4.39 Å². The second-order valence-electron chi connectivity index (χ2n) is 4.90. The van der Waals surface area contributed by atoms with Gasteiger partial charge in [-0.3, -0.25) is 5.84 Å². The normalized spacial score (nSPS) is 12.3. The number of halogens is 2. The summed E-state index contributed by atoms with van der Waals surface area (Å²) in [6, 6.07) is 8.57. The van der Waals surface area contributed by atoms with Crippen LogP contribution in [0.3, 0.4) is 0 Å². The molecule has 0 aliphatic rings. The molecule has 1 atom stereocenters. The standard InChI is InChI=1S/C16H18BrFN2O/c1-9-4-6-12(16(21-3)10(9)2)15(20-19)11-5-7-13(17)14(18)8-11/h4-8,15,20H,19H2,1-3H3. The van der Waals surface area contributed by atoms with Gasteiger partial charge in [0.25, 0.3) is 0 Å². The molecule has 5 heteroatoms. The molecule has 0 saturated heterocycles. The SMILES string of the molecule is COc1c(C(NN)c2ccc(Br)c(F)c2)ccc(C)c1C. The zero-order chi connectivity index (χ0) is 15.6. The average Bonchev–Trinajstić information content (AvgIpc) is 2.47. The quantitative estimate of drug-likeness (QED) is 0.650. The van der Waals surface area contributed by atoms with Crippen molar-refractivity contribution in [2.45, 2.75) is 19.9 Å². The van der Waals surface area contributed by atoms with Crippen molar-refractivity contribution in [3.8, 4) is 5.75 Å². The maximum Gasteiger partial charge on any atom is 0.137 e. The van der Waals surface area contributed by atoms with E-state index >= 15 is 0 Å². The van der Waals surface area contributed by atoms with Crippen molar-refractivity contribution in [1.82, 2.24) is 5.43 Å². The third-order valence-electron chi connectivity index (χ3n) is 3.67. The van der Waals surface area contributed by atoms with Crippen molar-refractivity contribution in [3.63, 3.8) is 0 Å². The van der Waals surface area contributed by atoms with Crippen LogP contribution in [0.15, 0.2) is 34.8 Å². The summed E-state index contributed by atoms with van der Waals surface area (Å²) in [5.74, 6) is 6.14. The number of hydrazine groups is 1. The largest absolute Gasteiger partial charge is 0.496 e. The Morgan fingerprint density at radius 3 is 2.52 bits per heavy atom. The number of nitrogens with one attached hydrogen (secondary N) is 1. The number of nitrogens with two attached hydrogens (primary N) is 1. The molecule has 0 aromatic heterocycles. The first-order valence-electron chi connectivity index (χ1n) is 6.54. The summed E-state index contributed by atoms with van der Waals surface area (Å²) in [7, 11) is 1.63. The van der Waals surface area contributed by atoms with Crippen molar-refractivity contribution < 1.29 is 9.13 Å². The summed E-state index contributed by atoms with van der Waals surface area (Å²) >= 11 is 3.15. The number of aryl methyl sites for hydroxylation is 1. The van der Waals surface area contributed by atoms with Gasteiger partial charge in [-0.25, -0.2) is 9.82 Å². The van der Waals surface area contributed by atoms with E-state index < -0.39 is 0 Å². The Morgan fingerprint density at radius 2 is 1.95 bits per heavy atom. The molecule has 21 heavy (non-hydrogen) atoms. The Hall–Kier alpha value is -1.43. The van der Waals surface area contributed by atoms with Gasteiger partial charge in [0.2, 0.25) is 0 Å². The summed E-state index contributed by atoms with van der Waals surface area (Å²) in [4.78, 5) is 0. The van der Waals surface area contributed by atoms with Gasteiger partial charge in [-0.1, -0.05) is 18.2 Å². The maximum absolute atomic E-state index is 13.8. The number of ether oxygens (including phenoxy) is 1. The van der Waals surface area contributed by atoms with E-state index in [2.05, 4.69) is 21.4 Å². The highest BCUT2D eigenvalue weighted by Crippen LogP contribution is 2.34. The highest BCUT2D eigenvalue weighted by Gasteiger charge is 2.20. The van der Waals surface area contributed by atoms with Crippen LogP contribution in [0, 0.1) is 19.7 Å². The van der Waals surface area contributed by atoms with Crippen molar-refractivity contribution in [2.75, 3.05) is 7.11 Å². The van der Waals surface area contributed by atoms with E-state index in [-0.39, 0.29) is 11.9 Å². The molecule has 0 radical (unpaired) electrons. The third kappa shape index (κ3) is 3.10. The molecule has 0 aliphatic carbocycles. The molecule has 0 heterocycles. The minimum Gasteiger partial charge on any atom is -0.496 e. The van der Waals surface area contributed by atoms with Crippen LogP contribution >= 0.6 is 15.9 Å². The average molecular weight is 353 g/mol. The fourth-order valence-corrected chi connectivity index (χ4v) is 2.61. The monoisotopic (exact) mass is 352 g/mol. The van der Waals surface area contributed by atoms with E-state index in [0.29, 0.717) is 4.47 Å². The van der Waals surface area contributed by atoms with Crippen LogP contribution in [0.4, 0.5) is 4.39 Å². The Morgan fingerprint density at radius 1 is 1.24 bits per heavy atom. The summed E-state index contributed by atoms with van der Waals surface area (Å²) in [6.07, 6.45) is 0. The van der Waals surface area contributed by atoms with E-state index in [1.165, 1.54) is 6.07 Å². The minimum absolute atomic E-state index is 0.324. The molecule has 112 valence electrons. The predicted molar refractivity (Wildman–Crippen MR) is 85.7 cm³/mol. The fourth-order valence-electron chi connectivity index (χ4n) is 2.37. The van der Waals surface area contributed by atoms with Crippen LogP contribution in [0.25, 0.3) is 0 Å². The van der Waals surface area contributed by atoms with Gasteiger partial charge in [-0.15, -0.1) is 0 Å². The number of benzene rings is 2. The summed E-state index contributed by atoms with van der Waals surface area (Å²) in [5, 5.41) is 0. The number of hydrogen-bond acceptors (Lipinski definition) is 3. The molecule has 0 fully saturated rings. The van der Waals surface area contributed by atoms with Crippen molar-refractivity contribution >= 4 is 15.9 Å². The Bertz CT molecular complexity index is 661. The summed E-state index contributed by atoms with van der Waals surface area (Å²) in [5.41, 5.74) is 6.54. The predicted octanol–water partition coefficient (Wildman–Crippen LogP) is 3.77. The molecule has 2 rings (SSSR count). The van der Waals surface area contributed by atoms with Crippen LogP contribution in [0.1, 0.15) is 28.3 Å². The van der Waals surface area contributed by atoms with E-state index in [4.69, 9.17) is 10.6 Å². The molecule has 3 N–H and O–H groups in total. The second kappa shape index (κ2) is 6.56. The van der Waals surface area contributed by atoms with E-state index in [1.807, 2.05) is 32.0 Å².